The van der Waals surface area contributed by atoms with E-state index < -0.39 is 0 Å². The summed E-state index contributed by atoms with van der Waals surface area (Å²) in [4.78, 5) is 8.00. The molecule has 0 aliphatic carbocycles. The topological polar surface area (TPSA) is 29.1 Å². The van der Waals surface area contributed by atoms with Crippen LogP contribution in [0, 0.1) is 5.92 Å². The van der Waals surface area contributed by atoms with E-state index in [1.54, 1.807) is 0 Å². The van der Waals surface area contributed by atoms with Crippen LogP contribution in [0.1, 0.15) is 13.3 Å². The summed E-state index contributed by atoms with van der Waals surface area (Å²) in [5.74, 6) is 0.935. The Bertz CT molecular complexity index is 50.5. The van der Waals surface area contributed by atoms with Gasteiger partial charge in [0.15, 0.2) is 0 Å². The summed E-state index contributed by atoms with van der Waals surface area (Å²) >= 11 is 0. The molecule has 0 bridgehead atoms. The van der Waals surface area contributed by atoms with E-state index in [1.165, 1.54) is 19.5 Å². The highest BCUT2D eigenvalue weighted by molar-refractivity contribution is 5.10. The van der Waals surface area contributed by atoms with Crippen molar-refractivity contribution in [3.05, 3.63) is 0 Å². The molecule has 1 rings (SSSR count). The Morgan fingerprint density at radius 1 is 1.62 bits per heavy atom. The average Bonchev–Trinajstić information content (AvgIpc) is 2.24. The number of hydrogen-bond acceptors (Lipinski definition) is 2. The monoisotopic (exact) mass is 115 g/mol. The van der Waals surface area contributed by atoms with Gasteiger partial charge >= 0.3 is 0 Å². The van der Waals surface area contributed by atoms with Crippen molar-refractivity contribution in [2.45, 2.75) is 13.3 Å². The van der Waals surface area contributed by atoms with Gasteiger partial charge in [-0.25, -0.2) is 0 Å². The molecular formula is C6H13NO. The molecule has 1 aliphatic heterocycles. The maximum absolute atomic E-state index is 8.00. The number of carbonyl (C=O) groups is 1. The van der Waals surface area contributed by atoms with Crippen LogP contribution in [0.2, 0.25) is 0 Å². The number of hydrogen-bond donors (Lipinski definition) is 1. The second-order valence-corrected chi connectivity index (χ2v) is 2.10. The standard InChI is InChI=1S/C5H11N.CH2O/c1-5-2-3-6-4-5;1-2/h5-6H,2-4H2,1H3;1H2/t5-;/m0./s1. The van der Waals surface area contributed by atoms with Crippen molar-refractivity contribution in [1.82, 2.24) is 5.32 Å². The molecule has 1 atom stereocenters. The SMILES string of the molecule is C=O.C[C@H]1CCNC1. The third-order valence-electron chi connectivity index (χ3n) is 1.31. The Morgan fingerprint density at radius 3 is 2.38 bits per heavy atom. The molecule has 8 heavy (non-hydrogen) atoms. The molecule has 0 unspecified atom stereocenters. The van der Waals surface area contributed by atoms with E-state index in [0.717, 1.165) is 5.92 Å². The Balaban J connectivity index is 0.000000222. The van der Waals surface area contributed by atoms with Gasteiger partial charge < -0.3 is 10.1 Å². The van der Waals surface area contributed by atoms with Crippen molar-refractivity contribution >= 4 is 6.79 Å². The molecule has 2 heteroatoms. The highest BCUT2D eigenvalue weighted by atomic mass is 16.1. The van der Waals surface area contributed by atoms with Crippen LogP contribution >= 0.6 is 0 Å². The molecule has 2 nitrogen and oxygen atoms in total. The van der Waals surface area contributed by atoms with Crippen molar-refractivity contribution in [1.29, 1.82) is 0 Å². The van der Waals surface area contributed by atoms with Gasteiger partial charge in [-0.2, -0.15) is 0 Å². The lowest BCUT2D eigenvalue weighted by Gasteiger charge is -1.90. The first kappa shape index (κ1) is 7.63. The van der Waals surface area contributed by atoms with Crippen LogP contribution in [0.4, 0.5) is 0 Å². The van der Waals surface area contributed by atoms with E-state index in [1.807, 2.05) is 6.79 Å². The van der Waals surface area contributed by atoms with Crippen molar-refractivity contribution in [3.8, 4) is 0 Å². The van der Waals surface area contributed by atoms with Crippen molar-refractivity contribution in [3.63, 3.8) is 0 Å². The maximum Gasteiger partial charge on any atom is 0.106 e. The molecule has 48 valence electrons. The van der Waals surface area contributed by atoms with E-state index in [4.69, 9.17) is 4.79 Å². The van der Waals surface area contributed by atoms with Gasteiger partial charge in [0.2, 0.25) is 0 Å². The zero-order valence-corrected chi connectivity index (χ0v) is 5.31. The summed E-state index contributed by atoms with van der Waals surface area (Å²) in [6.45, 7) is 6.75. The second-order valence-electron chi connectivity index (χ2n) is 2.10. The number of rotatable bonds is 0. The van der Waals surface area contributed by atoms with Gasteiger partial charge in [0.25, 0.3) is 0 Å². The lowest BCUT2D eigenvalue weighted by Crippen LogP contribution is -2.06. The number of nitrogens with one attached hydrogen (secondary N) is 1. The van der Waals surface area contributed by atoms with Crippen LogP contribution in [0.15, 0.2) is 0 Å². The molecule has 1 heterocycles. The van der Waals surface area contributed by atoms with Gasteiger partial charge in [0.1, 0.15) is 6.79 Å². The van der Waals surface area contributed by atoms with Crippen LogP contribution in [-0.2, 0) is 4.79 Å². The van der Waals surface area contributed by atoms with Gasteiger partial charge in [-0.3, -0.25) is 0 Å². The minimum atomic E-state index is 0.935. The van der Waals surface area contributed by atoms with E-state index in [0.29, 0.717) is 0 Å². The quantitative estimate of drug-likeness (QED) is 0.496. The maximum atomic E-state index is 8.00. The van der Waals surface area contributed by atoms with Crippen LogP contribution in [-0.4, -0.2) is 19.9 Å². The molecular weight excluding hydrogens is 102 g/mol. The first-order chi connectivity index (χ1) is 3.89. The molecule has 1 fully saturated rings. The summed E-state index contributed by atoms with van der Waals surface area (Å²) in [6.07, 6.45) is 1.38. The third-order valence-corrected chi connectivity index (χ3v) is 1.31. The van der Waals surface area contributed by atoms with Crippen molar-refractivity contribution in [2.24, 2.45) is 5.92 Å². The Hall–Kier alpha value is -0.370. The van der Waals surface area contributed by atoms with Crippen LogP contribution in [0.3, 0.4) is 0 Å². The molecule has 0 radical (unpaired) electrons. The molecule has 0 aromatic rings. The fourth-order valence-corrected chi connectivity index (χ4v) is 0.799. The molecule has 0 spiro atoms. The van der Waals surface area contributed by atoms with Crippen LogP contribution in [0.25, 0.3) is 0 Å². The summed E-state index contributed by atoms with van der Waals surface area (Å²) in [5.41, 5.74) is 0. The minimum Gasteiger partial charge on any atom is -0.316 e. The molecule has 1 aliphatic rings. The zero-order chi connectivity index (χ0) is 6.41. The fraction of sp³-hybridized carbons (Fsp3) is 0.833. The second kappa shape index (κ2) is 4.78. The fourth-order valence-electron chi connectivity index (χ4n) is 0.799. The lowest BCUT2D eigenvalue weighted by molar-refractivity contribution is -0.0979. The Kier molecular flexibility index (Phi) is 4.56. The Morgan fingerprint density at radius 2 is 2.25 bits per heavy atom. The summed E-state index contributed by atoms with van der Waals surface area (Å²) in [5, 5.41) is 3.27. The van der Waals surface area contributed by atoms with Gasteiger partial charge in [-0.05, 0) is 25.4 Å². The highest BCUT2D eigenvalue weighted by Crippen LogP contribution is 2.03. The summed E-state index contributed by atoms with van der Waals surface area (Å²) in [6, 6.07) is 0. The molecule has 1 N–H and O–H groups in total. The first-order valence-corrected chi connectivity index (χ1v) is 2.89. The molecule has 1 saturated heterocycles. The lowest BCUT2D eigenvalue weighted by atomic mass is 10.2. The average molecular weight is 115 g/mol. The minimum absolute atomic E-state index is 0.935. The highest BCUT2D eigenvalue weighted by Gasteiger charge is 2.06. The van der Waals surface area contributed by atoms with Crippen LogP contribution in [0.5, 0.6) is 0 Å². The smallest absolute Gasteiger partial charge is 0.106 e. The Labute approximate surface area is 50.3 Å². The van der Waals surface area contributed by atoms with Crippen molar-refractivity contribution in [2.75, 3.05) is 13.1 Å². The molecule has 0 aromatic heterocycles. The molecule has 0 aromatic carbocycles. The normalized spacial score (nSPS) is 26.4. The summed E-state index contributed by atoms with van der Waals surface area (Å²) in [7, 11) is 0. The van der Waals surface area contributed by atoms with E-state index in [9.17, 15) is 0 Å². The van der Waals surface area contributed by atoms with Crippen molar-refractivity contribution < 1.29 is 4.79 Å². The predicted octanol–water partition coefficient (Wildman–Crippen LogP) is 0.431. The van der Waals surface area contributed by atoms with Gasteiger partial charge in [0.05, 0.1) is 0 Å². The zero-order valence-electron chi connectivity index (χ0n) is 5.31. The first-order valence-electron chi connectivity index (χ1n) is 2.89. The summed E-state index contributed by atoms with van der Waals surface area (Å²) < 4.78 is 0. The predicted molar refractivity (Wildman–Crippen MR) is 33.8 cm³/mol. The molecule has 0 amide bonds. The third kappa shape index (κ3) is 2.75. The van der Waals surface area contributed by atoms with E-state index >= 15 is 0 Å². The number of carbonyl (C=O) groups excluding carboxylic acids is 1. The molecule has 0 saturated carbocycles. The van der Waals surface area contributed by atoms with E-state index in [2.05, 4.69) is 12.2 Å². The largest absolute Gasteiger partial charge is 0.316 e. The van der Waals surface area contributed by atoms with E-state index in [-0.39, 0.29) is 0 Å². The van der Waals surface area contributed by atoms with Gasteiger partial charge in [0, 0.05) is 0 Å². The van der Waals surface area contributed by atoms with Gasteiger partial charge in [-0.1, -0.05) is 6.92 Å². The van der Waals surface area contributed by atoms with Gasteiger partial charge in [-0.15, -0.1) is 0 Å². The van der Waals surface area contributed by atoms with Crippen LogP contribution < -0.4 is 5.32 Å².